The van der Waals surface area contributed by atoms with Crippen molar-refractivity contribution in [1.82, 2.24) is 4.90 Å². The highest BCUT2D eigenvalue weighted by Crippen LogP contribution is 2.61. The molecule has 0 aromatic heterocycles. The standard InChI is InChI=1S/C28H35NO5S/c1-4-17(3)34-25(30)16-29-26(31)24(35-27(29)32)12-21-11-22(6-7-23(21)33-5-2)28-13-18-8-19(14-28)10-20(9-18)15-28/h6-7,11-12,17-20H,4-5,8-10,13-16H2,1-3H3/b24-12+/t17-,18?,19?,20?,28?/m0/s1. The maximum absolute atomic E-state index is 13.1. The minimum absolute atomic E-state index is 0.223. The Kier molecular flexibility index (Phi) is 6.73. The molecule has 0 radical (unpaired) electrons. The molecule has 5 aliphatic rings. The number of carbonyl (C=O) groups excluding carboxylic acids is 3. The smallest absolute Gasteiger partial charge is 0.326 e. The lowest BCUT2D eigenvalue weighted by Crippen LogP contribution is -2.48. The normalized spacial score (nSPS) is 31.3. The highest BCUT2D eigenvalue weighted by Gasteiger charge is 2.51. The molecule has 4 saturated carbocycles. The van der Waals surface area contributed by atoms with E-state index in [0.717, 1.165) is 40.0 Å². The van der Waals surface area contributed by atoms with E-state index < -0.39 is 17.1 Å². The topological polar surface area (TPSA) is 72.9 Å². The third-order valence-corrected chi connectivity index (χ3v) is 9.22. The molecule has 0 unspecified atom stereocenters. The van der Waals surface area contributed by atoms with Gasteiger partial charge < -0.3 is 9.47 Å². The lowest BCUT2D eigenvalue weighted by atomic mass is 9.48. The zero-order valence-electron chi connectivity index (χ0n) is 20.9. The number of esters is 1. The molecule has 0 spiro atoms. The maximum Gasteiger partial charge on any atom is 0.326 e. The van der Waals surface area contributed by atoms with Crippen LogP contribution in [0, 0.1) is 17.8 Å². The van der Waals surface area contributed by atoms with E-state index in [9.17, 15) is 14.4 Å². The summed E-state index contributed by atoms with van der Waals surface area (Å²) in [5.41, 5.74) is 2.39. The van der Waals surface area contributed by atoms with Gasteiger partial charge >= 0.3 is 5.97 Å². The van der Waals surface area contributed by atoms with Gasteiger partial charge in [-0.15, -0.1) is 0 Å². The van der Waals surface area contributed by atoms with Crippen molar-refractivity contribution in [3.05, 3.63) is 34.2 Å². The van der Waals surface area contributed by atoms with Gasteiger partial charge in [0.25, 0.3) is 11.1 Å². The van der Waals surface area contributed by atoms with Crippen LogP contribution in [0.1, 0.15) is 76.8 Å². The van der Waals surface area contributed by atoms with Gasteiger partial charge in [-0.25, -0.2) is 0 Å². The number of amides is 2. The molecule has 4 aliphatic carbocycles. The van der Waals surface area contributed by atoms with E-state index in [0.29, 0.717) is 23.7 Å². The first-order valence-electron chi connectivity index (χ1n) is 13.0. The molecule has 1 heterocycles. The van der Waals surface area contributed by atoms with E-state index in [1.807, 2.05) is 19.9 Å². The van der Waals surface area contributed by atoms with Gasteiger partial charge in [-0.05, 0) is 117 Å². The van der Waals surface area contributed by atoms with Crippen molar-refractivity contribution >= 4 is 35.0 Å². The highest BCUT2D eigenvalue weighted by atomic mass is 32.2. The number of imide groups is 1. The van der Waals surface area contributed by atoms with Gasteiger partial charge in [0.05, 0.1) is 17.6 Å². The summed E-state index contributed by atoms with van der Waals surface area (Å²) in [6, 6.07) is 6.42. The zero-order chi connectivity index (χ0) is 24.7. The van der Waals surface area contributed by atoms with Crippen LogP contribution in [0.5, 0.6) is 5.75 Å². The van der Waals surface area contributed by atoms with Crippen LogP contribution < -0.4 is 4.74 Å². The average molecular weight is 498 g/mol. The molecule has 188 valence electrons. The molecule has 6 nitrogen and oxygen atoms in total. The Morgan fingerprint density at radius 3 is 2.40 bits per heavy atom. The summed E-state index contributed by atoms with van der Waals surface area (Å²) < 4.78 is 11.2. The van der Waals surface area contributed by atoms with Gasteiger partial charge in [-0.2, -0.15) is 0 Å². The van der Waals surface area contributed by atoms with Crippen LogP contribution in [0.15, 0.2) is 23.1 Å². The minimum atomic E-state index is -0.568. The molecule has 0 N–H and O–H groups in total. The molecule has 6 rings (SSSR count). The molecule has 7 heteroatoms. The maximum atomic E-state index is 13.1. The Labute approximate surface area is 211 Å². The number of benzene rings is 1. The Morgan fingerprint density at radius 1 is 1.14 bits per heavy atom. The first kappa shape index (κ1) is 24.4. The molecular weight excluding hydrogens is 462 g/mol. The monoisotopic (exact) mass is 497 g/mol. The van der Waals surface area contributed by atoms with Crippen molar-refractivity contribution in [1.29, 1.82) is 0 Å². The van der Waals surface area contributed by atoms with Crippen molar-refractivity contribution in [3.63, 3.8) is 0 Å². The van der Waals surface area contributed by atoms with Gasteiger partial charge in [0.2, 0.25) is 0 Å². The first-order valence-corrected chi connectivity index (χ1v) is 13.8. The predicted molar refractivity (Wildman–Crippen MR) is 136 cm³/mol. The second kappa shape index (κ2) is 9.64. The molecule has 2 amide bonds. The molecular formula is C28H35NO5S. The number of carbonyl (C=O) groups is 3. The van der Waals surface area contributed by atoms with Crippen LogP contribution in [-0.4, -0.2) is 41.3 Å². The van der Waals surface area contributed by atoms with Crippen molar-refractivity contribution in [2.24, 2.45) is 17.8 Å². The summed E-state index contributed by atoms with van der Waals surface area (Å²) in [4.78, 5) is 39.1. The van der Waals surface area contributed by atoms with E-state index in [-0.39, 0.29) is 18.1 Å². The lowest BCUT2D eigenvalue weighted by molar-refractivity contribution is -0.150. The largest absolute Gasteiger partial charge is 0.493 e. The van der Waals surface area contributed by atoms with E-state index >= 15 is 0 Å². The number of hydrogen-bond donors (Lipinski definition) is 0. The van der Waals surface area contributed by atoms with E-state index in [1.165, 1.54) is 44.1 Å². The van der Waals surface area contributed by atoms with Crippen LogP contribution in [0.25, 0.3) is 6.08 Å². The molecule has 1 aromatic rings. The molecule has 1 atom stereocenters. The van der Waals surface area contributed by atoms with Gasteiger partial charge in [-0.1, -0.05) is 13.0 Å². The fraction of sp³-hybridized carbons (Fsp3) is 0.607. The van der Waals surface area contributed by atoms with Crippen molar-refractivity contribution in [3.8, 4) is 5.75 Å². The Balaban J connectivity index is 1.41. The Morgan fingerprint density at radius 2 is 1.80 bits per heavy atom. The fourth-order valence-corrected chi connectivity index (χ4v) is 7.82. The molecule has 5 fully saturated rings. The molecule has 1 saturated heterocycles. The lowest BCUT2D eigenvalue weighted by Gasteiger charge is -2.57. The third kappa shape index (κ3) is 4.76. The summed E-state index contributed by atoms with van der Waals surface area (Å²) >= 11 is 0.871. The van der Waals surface area contributed by atoms with Gasteiger partial charge in [0.1, 0.15) is 12.3 Å². The molecule has 35 heavy (non-hydrogen) atoms. The van der Waals surface area contributed by atoms with Gasteiger partial charge in [0, 0.05) is 5.56 Å². The zero-order valence-corrected chi connectivity index (χ0v) is 21.7. The van der Waals surface area contributed by atoms with Crippen molar-refractivity contribution in [2.45, 2.75) is 77.2 Å². The fourth-order valence-electron chi connectivity index (χ4n) is 6.99. The van der Waals surface area contributed by atoms with Crippen LogP contribution in [0.3, 0.4) is 0 Å². The summed E-state index contributed by atoms with van der Waals surface area (Å²) in [6.45, 7) is 5.79. The Hall–Kier alpha value is -2.28. The van der Waals surface area contributed by atoms with Gasteiger partial charge in [-0.3, -0.25) is 19.3 Å². The van der Waals surface area contributed by atoms with E-state index in [1.54, 1.807) is 13.0 Å². The van der Waals surface area contributed by atoms with Crippen LogP contribution >= 0.6 is 11.8 Å². The number of rotatable bonds is 8. The number of hydrogen-bond acceptors (Lipinski definition) is 6. The first-order chi connectivity index (χ1) is 16.8. The second-order valence-electron chi connectivity index (χ2n) is 10.9. The minimum Gasteiger partial charge on any atom is -0.493 e. The highest BCUT2D eigenvalue weighted by molar-refractivity contribution is 8.18. The summed E-state index contributed by atoms with van der Waals surface area (Å²) in [7, 11) is 0. The quantitative estimate of drug-likeness (QED) is 0.327. The third-order valence-electron chi connectivity index (χ3n) is 8.32. The molecule has 1 aliphatic heterocycles. The number of ether oxygens (including phenoxy) is 2. The van der Waals surface area contributed by atoms with Crippen molar-refractivity contribution in [2.75, 3.05) is 13.2 Å². The van der Waals surface area contributed by atoms with Crippen LogP contribution in [0.4, 0.5) is 4.79 Å². The summed E-state index contributed by atoms with van der Waals surface area (Å²) in [5, 5.41) is -0.447. The van der Waals surface area contributed by atoms with Crippen LogP contribution in [0.2, 0.25) is 0 Å². The van der Waals surface area contributed by atoms with Gasteiger partial charge in [0.15, 0.2) is 0 Å². The summed E-state index contributed by atoms with van der Waals surface area (Å²) in [5.74, 6) is 2.20. The molecule has 4 bridgehead atoms. The number of nitrogens with zero attached hydrogens (tertiary/aromatic N) is 1. The Bertz CT molecular complexity index is 1030. The summed E-state index contributed by atoms with van der Waals surface area (Å²) in [6.07, 6.45) is 10.1. The number of thioether (sulfide) groups is 1. The van der Waals surface area contributed by atoms with Crippen LogP contribution in [-0.2, 0) is 19.7 Å². The van der Waals surface area contributed by atoms with E-state index in [4.69, 9.17) is 9.47 Å². The molecule has 1 aromatic carbocycles. The average Bonchev–Trinajstić information content (AvgIpc) is 3.06. The predicted octanol–water partition coefficient (Wildman–Crippen LogP) is 5.93. The van der Waals surface area contributed by atoms with E-state index in [2.05, 4.69) is 12.1 Å². The second-order valence-corrected chi connectivity index (χ2v) is 11.9. The van der Waals surface area contributed by atoms with Crippen molar-refractivity contribution < 1.29 is 23.9 Å². The SMILES string of the molecule is CCOc1ccc(C23CC4CC(CC(C4)C2)C3)cc1/C=C1/SC(=O)N(CC(=O)O[C@@H](C)CC)C1=O.